The number of carbonyl (C=O) groups is 1. The van der Waals surface area contributed by atoms with Crippen molar-refractivity contribution in [3.05, 3.63) is 29.3 Å². The van der Waals surface area contributed by atoms with E-state index in [0.717, 1.165) is 16.8 Å². The summed E-state index contributed by atoms with van der Waals surface area (Å²) in [7, 11) is 0. The molecular formula is C12H16N2O. The van der Waals surface area contributed by atoms with E-state index >= 15 is 0 Å². The maximum Gasteiger partial charge on any atom is 0.254 e. The van der Waals surface area contributed by atoms with Gasteiger partial charge >= 0.3 is 0 Å². The number of nitrogens with zero attached hydrogens (tertiary/aromatic N) is 1. The second-order valence-electron chi connectivity index (χ2n) is 4.98. The van der Waals surface area contributed by atoms with Crippen LogP contribution in [0.2, 0.25) is 0 Å². The average molecular weight is 204 g/mol. The van der Waals surface area contributed by atoms with Gasteiger partial charge in [0.1, 0.15) is 0 Å². The number of benzene rings is 1. The van der Waals surface area contributed by atoms with E-state index in [1.54, 1.807) is 6.07 Å². The molecule has 1 amide bonds. The van der Waals surface area contributed by atoms with Crippen LogP contribution in [0.25, 0.3) is 0 Å². The summed E-state index contributed by atoms with van der Waals surface area (Å²) >= 11 is 0. The first-order chi connectivity index (χ1) is 6.89. The SMILES string of the molecule is CC(C)(C)N1Cc2cc(N)ccc2C1=O. The van der Waals surface area contributed by atoms with Crippen molar-refractivity contribution < 1.29 is 4.79 Å². The van der Waals surface area contributed by atoms with Crippen molar-refractivity contribution in [3.63, 3.8) is 0 Å². The Balaban J connectivity index is 2.42. The number of carbonyl (C=O) groups excluding carboxylic acids is 1. The highest BCUT2D eigenvalue weighted by Gasteiger charge is 2.34. The third-order valence-electron chi connectivity index (χ3n) is 2.74. The van der Waals surface area contributed by atoms with Crippen LogP contribution in [-0.4, -0.2) is 16.3 Å². The van der Waals surface area contributed by atoms with Crippen molar-refractivity contribution in [2.75, 3.05) is 5.73 Å². The molecule has 0 aromatic heterocycles. The van der Waals surface area contributed by atoms with E-state index < -0.39 is 0 Å². The molecule has 1 aliphatic heterocycles. The highest BCUT2D eigenvalue weighted by atomic mass is 16.2. The Morgan fingerprint density at radius 1 is 1.33 bits per heavy atom. The van der Waals surface area contributed by atoms with Crippen molar-refractivity contribution in [1.29, 1.82) is 0 Å². The van der Waals surface area contributed by atoms with Crippen LogP contribution in [0.15, 0.2) is 18.2 Å². The molecule has 0 saturated heterocycles. The molecule has 1 aromatic carbocycles. The number of amides is 1. The number of hydrogen-bond acceptors (Lipinski definition) is 2. The molecule has 0 radical (unpaired) electrons. The average Bonchev–Trinajstić information content (AvgIpc) is 2.42. The normalized spacial score (nSPS) is 15.7. The van der Waals surface area contributed by atoms with Crippen LogP contribution in [0.4, 0.5) is 5.69 Å². The van der Waals surface area contributed by atoms with Crippen LogP contribution in [0.3, 0.4) is 0 Å². The van der Waals surface area contributed by atoms with Gasteiger partial charge < -0.3 is 10.6 Å². The highest BCUT2D eigenvalue weighted by molar-refractivity contribution is 5.99. The van der Waals surface area contributed by atoms with Crippen LogP contribution in [-0.2, 0) is 6.54 Å². The van der Waals surface area contributed by atoms with Gasteiger partial charge in [-0.3, -0.25) is 4.79 Å². The minimum absolute atomic E-state index is 0.109. The van der Waals surface area contributed by atoms with Gasteiger partial charge in [-0.1, -0.05) is 0 Å². The minimum atomic E-state index is -0.134. The van der Waals surface area contributed by atoms with Crippen LogP contribution in [0.1, 0.15) is 36.7 Å². The van der Waals surface area contributed by atoms with Crippen molar-refractivity contribution in [2.24, 2.45) is 0 Å². The Labute approximate surface area is 89.9 Å². The van der Waals surface area contributed by atoms with Crippen molar-refractivity contribution in [1.82, 2.24) is 4.90 Å². The van der Waals surface area contributed by atoms with Gasteiger partial charge in [-0.05, 0) is 44.5 Å². The van der Waals surface area contributed by atoms with Gasteiger partial charge in [-0.25, -0.2) is 0 Å². The van der Waals surface area contributed by atoms with Crippen LogP contribution in [0, 0.1) is 0 Å². The molecule has 1 aromatic rings. The summed E-state index contributed by atoms with van der Waals surface area (Å²) in [6, 6.07) is 5.49. The summed E-state index contributed by atoms with van der Waals surface area (Å²) in [5.41, 5.74) is 8.11. The van der Waals surface area contributed by atoms with E-state index in [0.29, 0.717) is 6.54 Å². The number of hydrogen-bond donors (Lipinski definition) is 1. The van der Waals surface area contributed by atoms with E-state index in [-0.39, 0.29) is 11.4 Å². The number of rotatable bonds is 0. The minimum Gasteiger partial charge on any atom is -0.399 e. The maximum atomic E-state index is 12.0. The number of fused-ring (bicyclic) bond motifs is 1. The van der Waals surface area contributed by atoms with Crippen molar-refractivity contribution in [3.8, 4) is 0 Å². The molecule has 0 saturated carbocycles. The molecular weight excluding hydrogens is 188 g/mol. The number of anilines is 1. The molecule has 80 valence electrons. The molecule has 0 unspecified atom stereocenters. The number of nitrogens with two attached hydrogens (primary N) is 1. The van der Waals surface area contributed by atoms with E-state index in [1.807, 2.05) is 37.8 Å². The lowest BCUT2D eigenvalue weighted by Crippen LogP contribution is -2.41. The fourth-order valence-corrected chi connectivity index (χ4v) is 1.88. The topological polar surface area (TPSA) is 46.3 Å². The first-order valence-electron chi connectivity index (χ1n) is 5.10. The largest absolute Gasteiger partial charge is 0.399 e. The Kier molecular flexibility index (Phi) is 2.00. The van der Waals surface area contributed by atoms with Gasteiger partial charge in [0.2, 0.25) is 0 Å². The maximum absolute atomic E-state index is 12.0. The van der Waals surface area contributed by atoms with Crippen molar-refractivity contribution in [2.45, 2.75) is 32.9 Å². The van der Waals surface area contributed by atoms with Crippen molar-refractivity contribution >= 4 is 11.6 Å². The Morgan fingerprint density at radius 3 is 2.60 bits per heavy atom. The predicted octanol–water partition coefficient (Wildman–Crippen LogP) is 2.02. The van der Waals surface area contributed by atoms with Gasteiger partial charge in [-0.15, -0.1) is 0 Å². The summed E-state index contributed by atoms with van der Waals surface area (Å²) in [5.74, 6) is 0.109. The molecule has 0 atom stereocenters. The zero-order chi connectivity index (χ0) is 11.2. The summed E-state index contributed by atoms with van der Waals surface area (Å²) in [6.07, 6.45) is 0. The molecule has 2 rings (SSSR count). The van der Waals surface area contributed by atoms with Crippen LogP contribution < -0.4 is 5.73 Å². The first kappa shape index (κ1) is 10.0. The van der Waals surface area contributed by atoms with Gasteiger partial charge in [0, 0.05) is 23.3 Å². The summed E-state index contributed by atoms with van der Waals surface area (Å²) in [5, 5.41) is 0. The quantitative estimate of drug-likeness (QED) is 0.657. The molecule has 0 aliphatic carbocycles. The molecule has 0 fully saturated rings. The molecule has 3 heteroatoms. The molecule has 0 bridgehead atoms. The molecule has 0 spiro atoms. The van der Waals surface area contributed by atoms with Crippen LogP contribution >= 0.6 is 0 Å². The predicted molar refractivity (Wildman–Crippen MR) is 60.5 cm³/mol. The lowest BCUT2D eigenvalue weighted by atomic mass is 10.1. The van der Waals surface area contributed by atoms with E-state index in [1.165, 1.54) is 0 Å². The smallest absolute Gasteiger partial charge is 0.254 e. The summed E-state index contributed by atoms with van der Waals surface area (Å²) in [4.78, 5) is 13.9. The number of nitrogen functional groups attached to an aromatic ring is 1. The fourth-order valence-electron chi connectivity index (χ4n) is 1.88. The second kappa shape index (κ2) is 2.99. The van der Waals surface area contributed by atoms with Crippen LogP contribution in [0.5, 0.6) is 0 Å². The zero-order valence-corrected chi connectivity index (χ0v) is 9.37. The first-order valence-corrected chi connectivity index (χ1v) is 5.10. The summed E-state index contributed by atoms with van der Waals surface area (Å²) in [6.45, 7) is 6.79. The van der Waals surface area contributed by atoms with Gasteiger partial charge in [-0.2, -0.15) is 0 Å². The highest BCUT2D eigenvalue weighted by Crippen LogP contribution is 2.29. The molecule has 2 N–H and O–H groups in total. The van der Waals surface area contributed by atoms with Gasteiger partial charge in [0.15, 0.2) is 0 Å². The lowest BCUT2D eigenvalue weighted by Gasteiger charge is -2.31. The van der Waals surface area contributed by atoms with Gasteiger partial charge in [0.05, 0.1) is 0 Å². The zero-order valence-electron chi connectivity index (χ0n) is 9.37. The Morgan fingerprint density at radius 2 is 2.00 bits per heavy atom. The lowest BCUT2D eigenvalue weighted by molar-refractivity contribution is 0.0609. The second-order valence-corrected chi connectivity index (χ2v) is 4.98. The third kappa shape index (κ3) is 1.58. The Bertz CT molecular complexity index is 418. The Hall–Kier alpha value is -1.51. The third-order valence-corrected chi connectivity index (χ3v) is 2.74. The fraction of sp³-hybridized carbons (Fsp3) is 0.417. The summed E-state index contributed by atoms with van der Waals surface area (Å²) < 4.78 is 0. The van der Waals surface area contributed by atoms with E-state index in [9.17, 15) is 4.79 Å². The molecule has 3 nitrogen and oxygen atoms in total. The molecule has 1 aliphatic rings. The van der Waals surface area contributed by atoms with E-state index in [4.69, 9.17) is 5.73 Å². The van der Waals surface area contributed by atoms with E-state index in [2.05, 4.69) is 0 Å². The molecule has 1 heterocycles. The molecule has 15 heavy (non-hydrogen) atoms. The monoisotopic (exact) mass is 204 g/mol. The standard InChI is InChI=1S/C12H16N2O/c1-12(2,3)14-7-8-6-9(13)4-5-10(8)11(14)15/h4-6H,7,13H2,1-3H3. The van der Waals surface area contributed by atoms with Gasteiger partial charge in [0.25, 0.3) is 5.91 Å².